The molecule has 0 bridgehead atoms. The van der Waals surface area contributed by atoms with E-state index in [0.717, 1.165) is 16.5 Å². The molecule has 1 aromatic carbocycles. The summed E-state index contributed by atoms with van der Waals surface area (Å²) in [5.41, 5.74) is 12.8. The van der Waals surface area contributed by atoms with E-state index in [9.17, 15) is 24.0 Å². The van der Waals surface area contributed by atoms with Gasteiger partial charge >= 0.3 is 5.97 Å². The van der Waals surface area contributed by atoms with Gasteiger partial charge in [-0.25, -0.2) is 0 Å². The first-order chi connectivity index (χ1) is 17.2. The monoisotopic (exact) mass is 501 g/mol. The lowest BCUT2D eigenvalue weighted by Crippen LogP contribution is -2.57. The van der Waals surface area contributed by atoms with Gasteiger partial charge in [0, 0.05) is 23.5 Å². The SMILES string of the molecule is C[C@@H]([C]=O)NC(=O)[C@H](Cc1c[nH]c2ccccc12)NC(=O)[C@H](CCCCN)NC(=O)[C@@H](N)CC(=O)O. The Morgan fingerprint density at radius 2 is 1.69 bits per heavy atom. The average Bonchev–Trinajstić information content (AvgIpc) is 3.25. The number of unbranched alkanes of at least 4 members (excludes halogenated alkanes) is 1. The number of amides is 3. The summed E-state index contributed by atoms with van der Waals surface area (Å²) in [6.45, 7) is 1.83. The zero-order chi connectivity index (χ0) is 26.7. The van der Waals surface area contributed by atoms with Gasteiger partial charge in [0.25, 0.3) is 0 Å². The molecule has 0 fully saturated rings. The molecule has 0 aliphatic heterocycles. The molecule has 1 radical (unpaired) electrons. The van der Waals surface area contributed by atoms with Gasteiger partial charge in [0.05, 0.1) is 18.5 Å². The Labute approximate surface area is 208 Å². The van der Waals surface area contributed by atoms with Gasteiger partial charge < -0.3 is 37.5 Å². The first-order valence-corrected chi connectivity index (χ1v) is 11.7. The van der Waals surface area contributed by atoms with E-state index in [4.69, 9.17) is 16.6 Å². The number of nitrogens with one attached hydrogen (secondary N) is 4. The van der Waals surface area contributed by atoms with Crippen LogP contribution in [0.2, 0.25) is 0 Å². The maximum absolute atomic E-state index is 13.2. The average molecular weight is 502 g/mol. The molecule has 36 heavy (non-hydrogen) atoms. The van der Waals surface area contributed by atoms with Gasteiger partial charge in [-0.15, -0.1) is 0 Å². The third-order valence-electron chi connectivity index (χ3n) is 5.58. The number of carbonyl (C=O) groups is 4. The van der Waals surface area contributed by atoms with Gasteiger partial charge in [0.1, 0.15) is 12.1 Å². The summed E-state index contributed by atoms with van der Waals surface area (Å²) >= 11 is 0. The van der Waals surface area contributed by atoms with E-state index < -0.39 is 54.3 Å². The highest BCUT2D eigenvalue weighted by Crippen LogP contribution is 2.19. The molecule has 195 valence electrons. The Hall–Kier alpha value is -3.77. The van der Waals surface area contributed by atoms with Crippen LogP contribution in [0.1, 0.15) is 38.2 Å². The fourth-order valence-electron chi connectivity index (χ4n) is 3.67. The van der Waals surface area contributed by atoms with E-state index in [0.29, 0.717) is 19.4 Å². The van der Waals surface area contributed by atoms with Crippen LogP contribution in [-0.4, -0.2) is 70.8 Å². The molecule has 0 saturated carbocycles. The van der Waals surface area contributed by atoms with Crippen molar-refractivity contribution in [2.24, 2.45) is 11.5 Å². The van der Waals surface area contributed by atoms with Crippen LogP contribution in [0.25, 0.3) is 10.9 Å². The standard InChI is InChI=1S/C24H33N6O6/c1-14(13-31)28-24(36)20(10-15-12-27-18-7-3-2-6-16(15)18)30-23(35)19(8-4-5-9-25)29-22(34)17(26)11-21(32)33/h2-3,6-7,12,14,17,19-20,27H,4-5,8-11,25-26H2,1H3,(H,28,36)(H,29,34)(H,30,35)(H,32,33)/t14-,17-,19-,20-/m0/s1. The predicted octanol–water partition coefficient (Wildman–Crippen LogP) is -0.775. The first-order valence-electron chi connectivity index (χ1n) is 11.7. The van der Waals surface area contributed by atoms with Crippen molar-refractivity contribution in [3.63, 3.8) is 0 Å². The Morgan fingerprint density at radius 3 is 2.36 bits per heavy atom. The number of para-hydroxylation sites is 1. The number of hydrogen-bond acceptors (Lipinski definition) is 7. The molecule has 0 spiro atoms. The van der Waals surface area contributed by atoms with E-state index in [1.54, 1.807) is 12.5 Å². The van der Waals surface area contributed by atoms with Crippen LogP contribution in [0, 0.1) is 0 Å². The van der Waals surface area contributed by atoms with Crippen molar-refractivity contribution in [2.75, 3.05) is 6.54 Å². The molecule has 2 aromatic rings. The topological polar surface area (TPSA) is 209 Å². The summed E-state index contributed by atoms with van der Waals surface area (Å²) in [5, 5.41) is 17.4. The fourth-order valence-corrected chi connectivity index (χ4v) is 3.67. The third-order valence-corrected chi connectivity index (χ3v) is 5.58. The van der Waals surface area contributed by atoms with Crippen molar-refractivity contribution in [3.05, 3.63) is 36.0 Å². The number of aliphatic carboxylic acids is 1. The molecule has 9 N–H and O–H groups in total. The lowest BCUT2D eigenvalue weighted by molar-refractivity contribution is -0.140. The van der Waals surface area contributed by atoms with Crippen molar-refractivity contribution < 1.29 is 29.1 Å². The summed E-state index contributed by atoms with van der Waals surface area (Å²) in [6, 6.07) is 3.07. The predicted molar refractivity (Wildman–Crippen MR) is 132 cm³/mol. The zero-order valence-corrected chi connectivity index (χ0v) is 20.1. The van der Waals surface area contributed by atoms with Gasteiger partial charge in [-0.05, 0) is 44.4 Å². The maximum Gasteiger partial charge on any atom is 0.305 e. The molecule has 0 aliphatic rings. The third kappa shape index (κ3) is 8.47. The molecule has 0 aliphatic carbocycles. The smallest absolute Gasteiger partial charge is 0.305 e. The summed E-state index contributed by atoms with van der Waals surface area (Å²) in [6.07, 6.45) is 4.20. The second kappa shape index (κ2) is 14.0. The maximum atomic E-state index is 13.2. The number of aromatic amines is 1. The van der Waals surface area contributed by atoms with Gasteiger partial charge in [0.2, 0.25) is 24.0 Å². The van der Waals surface area contributed by atoms with E-state index in [1.807, 2.05) is 24.3 Å². The van der Waals surface area contributed by atoms with Crippen molar-refractivity contribution in [1.82, 2.24) is 20.9 Å². The van der Waals surface area contributed by atoms with Crippen molar-refractivity contribution >= 4 is 40.9 Å². The second-order valence-electron chi connectivity index (χ2n) is 8.52. The molecule has 2 rings (SSSR count). The fraction of sp³-hybridized carbons (Fsp3) is 0.458. The second-order valence-corrected chi connectivity index (χ2v) is 8.52. The van der Waals surface area contributed by atoms with Gasteiger partial charge in [0.15, 0.2) is 0 Å². The Kier molecular flexibility index (Phi) is 11.0. The number of nitrogens with two attached hydrogens (primary N) is 2. The minimum atomic E-state index is -1.35. The lowest BCUT2D eigenvalue weighted by atomic mass is 10.0. The Bertz CT molecular complexity index is 1070. The number of H-pyrrole nitrogens is 1. The molecule has 1 aromatic heterocycles. The van der Waals surface area contributed by atoms with Crippen molar-refractivity contribution in [1.29, 1.82) is 0 Å². The first kappa shape index (κ1) is 28.5. The molecule has 3 amide bonds. The number of aromatic nitrogens is 1. The van der Waals surface area contributed by atoms with Crippen LogP contribution in [0.15, 0.2) is 30.5 Å². The van der Waals surface area contributed by atoms with E-state index >= 15 is 0 Å². The molecule has 4 atom stereocenters. The largest absolute Gasteiger partial charge is 0.481 e. The van der Waals surface area contributed by atoms with E-state index in [1.165, 1.54) is 6.92 Å². The molecule has 0 unspecified atom stereocenters. The highest BCUT2D eigenvalue weighted by atomic mass is 16.4. The van der Waals surface area contributed by atoms with Crippen molar-refractivity contribution in [2.45, 2.75) is 63.2 Å². The van der Waals surface area contributed by atoms with Gasteiger partial charge in [-0.1, -0.05) is 18.2 Å². The molecule has 1 heterocycles. The molecule has 12 heteroatoms. The highest BCUT2D eigenvalue weighted by Gasteiger charge is 2.29. The van der Waals surface area contributed by atoms with Crippen LogP contribution < -0.4 is 27.4 Å². The Morgan fingerprint density at radius 1 is 1.03 bits per heavy atom. The molecular formula is C24H33N6O6. The summed E-state index contributed by atoms with van der Waals surface area (Å²) in [5.74, 6) is -3.30. The van der Waals surface area contributed by atoms with Crippen LogP contribution in [-0.2, 0) is 30.4 Å². The number of hydrogen-bond donors (Lipinski definition) is 7. The molecule has 12 nitrogen and oxygen atoms in total. The number of carboxylic acids is 1. The van der Waals surface area contributed by atoms with Gasteiger partial charge in [-0.3, -0.25) is 24.0 Å². The summed E-state index contributed by atoms with van der Waals surface area (Å²) in [7, 11) is 0. The minimum Gasteiger partial charge on any atom is -0.481 e. The normalized spacial score (nSPS) is 14.3. The summed E-state index contributed by atoms with van der Waals surface area (Å²) in [4.78, 5) is 63.5. The van der Waals surface area contributed by atoms with E-state index in [2.05, 4.69) is 20.9 Å². The number of carboxylic acid groups (broad SMARTS) is 1. The van der Waals surface area contributed by atoms with E-state index in [-0.39, 0.29) is 12.8 Å². The van der Waals surface area contributed by atoms with Crippen LogP contribution in [0.5, 0.6) is 0 Å². The van der Waals surface area contributed by atoms with Crippen molar-refractivity contribution in [3.8, 4) is 0 Å². The van der Waals surface area contributed by atoms with Crippen LogP contribution in [0.4, 0.5) is 0 Å². The Balaban J connectivity index is 2.24. The highest BCUT2D eigenvalue weighted by molar-refractivity contribution is 5.95. The number of carbonyl (C=O) groups excluding carboxylic acids is 4. The number of rotatable bonds is 15. The number of benzene rings is 1. The van der Waals surface area contributed by atoms with Gasteiger partial charge in [-0.2, -0.15) is 0 Å². The molecule has 0 saturated heterocycles. The minimum absolute atomic E-state index is 0.106. The lowest BCUT2D eigenvalue weighted by Gasteiger charge is -2.24. The number of fused-ring (bicyclic) bond motifs is 1. The quantitative estimate of drug-likeness (QED) is 0.154. The molecular weight excluding hydrogens is 468 g/mol. The van der Waals surface area contributed by atoms with Crippen LogP contribution >= 0.6 is 0 Å². The zero-order valence-electron chi connectivity index (χ0n) is 20.1. The van der Waals surface area contributed by atoms with Crippen LogP contribution in [0.3, 0.4) is 0 Å². The summed E-state index contributed by atoms with van der Waals surface area (Å²) < 4.78 is 0.